The number of thiol groups is 1. The molecule has 3 unspecified atom stereocenters. The van der Waals surface area contributed by atoms with Crippen LogP contribution in [0.1, 0.15) is 91.0 Å². The third-order valence-corrected chi connectivity index (χ3v) is 6.20. The molecule has 0 heterocycles. The smallest absolute Gasteiger partial charge is 0.408 e. The standard InChI is InChI=1S/C28H47N3O4S/c1-17(2)14-15-21(7)31(26(33)22(16-36)30-27(34)35-28(8,9)10)24(25(32)29-18(3)4)23-19(5)12-11-13-20(23)6/h11-13,17-18,21-22,24,36H,14-16H2,1-10H3,(H,29,32)(H,30,34). The van der Waals surface area contributed by atoms with Gasteiger partial charge in [0.2, 0.25) is 11.8 Å². The summed E-state index contributed by atoms with van der Waals surface area (Å²) in [6.45, 7) is 19.2. The van der Waals surface area contributed by atoms with E-state index >= 15 is 0 Å². The molecule has 3 atom stereocenters. The van der Waals surface area contributed by atoms with Crippen molar-refractivity contribution in [2.24, 2.45) is 5.92 Å². The van der Waals surface area contributed by atoms with E-state index in [2.05, 4.69) is 37.1 Å². The molecule has 3 amide bonds. The SMILES string of the molecule is Cc1cccc(C)c1C(C(=O)NC(C)C)N(C(=O)C(CS)NC(=O)OC(C)(C)C)C(C)CCC(C)C. The van der Waals surface area contributed by atoms with E-state index in [1.165, 1.54) is 0 Å². The van der Waals surface area contributed by atoms with Crippen molar-refractivity contribution in [1.82, 2.24) is 15.5 Å². The van der Waals surface area contributed by atoms with Crippen molar-refractivity contribution in [2.75, 3.05) is 5.75 Å². The average Bonchev–Trinajstić information content (AvgIpc) is 2.72. The number of carbonyl (C=O) groups excluding carboxylic acids is 3. The highest BCUT2D eigenvalue weighted by atomic mass is 32.1. The maximum atomic E-state index is 14.1. The zero-order valence-corrected chi connectivity index (χ0v) is 24.7. The largest absolute Gasteiger partial charge is 0.444 e. The van der Waals surface area contributed by atoms with E-state index in [-0.39, 0.29) is 29.7 Å². The molecule has 2 N–H and O–H groups in total. The van der Waals surface area contributed by atoms with Gasteiger partial charge in [-0.3, -0.25) is 9.59 Å². The van der Waals surface area contributed by atoms with Crippen LogP contribution in [0.2, 0.25) is 0 Å². The first kappa shape index (κ1) is 31.8. The van der Waals surface area contributed by atoms with E-state index in [9.17, 15) is 14.4 Å². The third kappa shape index (κ3) is 9.68. The first-order valence-corrected chi connectivity index (χ1v) is 13.5. The van der Waals surface area contributed by atoms with Crippen LogP contribution >= 0.6 is 12.6 Å². The molecule has 0 bridgehead atoms. The van der Waals surface area contributed by atoms with Crippen LogP contribution in [0.15, 0.2) is 18.2 Å². The Hall–Kier alpha value is -2.22. The van der Waals surface area contributed by atoms with Crippen LogP contribution in [0.25, 0.3) is 0 Å². The molecule has 0 fully saturated rings. The zero-order chi connectivity index (χ0) is 27.8. The van der Waals surface area contributed by atoms with E-state index in [0.717, 1.165) is 23.1 Å². The highest BCUT2D eigenvalue weighted by Crippen LogP contribution is 2.32. The molecular weight excluding hydrogens is 474 g/mol. The first-order chi connectivity index (χ1) is 16.6. The molecule has 36 heavy (non-hydrogen) atoms. The van der Waals surface area contributed by atoms with Crippen molar-refractivity contribution >= 4 is 30.5 Å². The molecule has 0 aliphatic carbocycles. The van der Waals surface area contributed by atoms with Crippen molar-refractivity contribution in [1.29, 1.82) is 0 Å². The Kier molecular flexibility index (Phi) is 12.3. The maximum absolute atomic E-state index is 14.1. The molecule has 1 aromatic carbocycles. The number of hydrogen-bond donors (Lipinski definition) is 3. The van der Waals surface area contributed by atoms with Gasteiger partial charge in [-0.05, 0) is 90.8 Å². The molecule has 7 nitrogen and oxygen atoms in total. The summed E-state index contributed by atoms with van der Waals surface area (Å²) in [5.74, 6) is -0.106. The van der Waals surface area contributed by atoms with Crippen LogP contribution in [0.3, 0.4) is 0 Å². The number of carbonyl (C=O) groups is 3. The predicted octanol–water partition coefficient (Wildman–Crippen LogP) is 5.35. The number of aryl methyl sites for hydroxylation is 2. The van der Waals surface area contributed by atoms with Crippen molar-refractivity contribution in [3.05, 3.63) is 34.9 Å². The molecule has 0 spiro atoms. The minimum atomic E-state index is -0.955. The Morgan fingerprint density at radius 3 is 1.97 bits per heavy atom. The summed E-state index contributed by atoms with van der Waals surface area (Å²) in [7, 11) is 0. The quantitative estimate of drug-likeness (QED) is 0.343. The number of nitrogens with zero attached hydrogens (tertiary/aromatic N) is 1. The van der Waals surface area contributed by atoms with Crippen LogP contribution in [0.4, 0.5) is 4.79 Å². The highest BCUT2D eigenvalue weighted by molar-refractivity contribution is 7.80. The summed E-state index contributed by atoms with van der Waals surface area (Å²) < 4.78 is 5.39. The van der Waals surface area contributed by atoms with Gasteiger partial charge in [0.05, 0.1) is 0 Å². The van der Waals surface area contributed by atoms with Crippen LogP contribution < -0.4 is 10.6 Å². The van der Waals surface area contributed by atoms with Crippen molar-refractivity contribution < 1.29 is 19.1 Å². The zero-order valence-electron chi connectivity index (χ0n) is 23.8. The lowest BCUT2D eigenvalue weighted by Gasteiger charge is -2.39. The lowest BCUT2D eigenvalue weighted by atomic mass is 9.91. The van der Waals surface area contributed by atoms with Gasteiger partial charge in [0.15, 0.2) is 0 Å². The fourth-order valence-corrected chi connectivity index (χ4v) is 4.39. The first-order valence-electron chi connectivity index (χ1n) is 12.9. The Morgan fingerprint density at radius 2 is 1.53 bits per heavy atom. The number of nitrogens with one attached hydrogen (secondary N) is 2. The van der Waals surface area contributed by atoms with Crippen LogP contribution in [-0.2, 0) is 14.3 Å². The molecule has 1 rings (SSSR count). The number of alkyl carbamates (subject to hydrolysis) is 1. The molecule has 0 aliphatic heterocycles. The second kappa shape index (κ2) is 13.9. The Labute approximate surface area is 223 Å². The summed E-state index contributed by atoms with van der Waals surface area (Å²) in [6.07, 6.45) is 0.909. The molecular formula is C28H47N3O4S. The molecule has 1 aromatic rings. The Morgan fingerprint density at radius 1 is 0.972 bits per heavy atom. The fourth-order valence-electron chi connectivity index (χ4n) is 4.15. The van der Waals surface area contributed by atoms with Gasteiger partial charge in [0.1, 0.15) is 17.7 Å². The third-order valence-electron chi connectivity index (χ3n) is 5.84. The molecule has 0 aromatic heterocycles. The lowest BCUT2D eigenvalue weighted by Crippen LogP contribution is -2.56. The fraction of sp³-hybridized carbons (Fsp3) is 0.679. The molecule has 0 saturated carbocycles. The van der Waals surface area contributed by atoms with Gasteiger partial charge in [-0.1, -0.05) is 32.0 Å². The van der Waals surface area contributed by atoms with Gasteiger partial charge in [-0.25, -0.2) is 4.79 Å². The normalized spacial score (nSPS) is 14.2. The summed E-state index contributed by atoms with van der Waals surface area (Å²) in [5.41, 5.74) is 1.94. The van der Waals surface area contributed by atoms with Crippen molar-refractivity contribution in [3.8, 4) is 0 Å². The van der Waals surface area contributed by atoms with Gasteiger partial charge < -0.3 is 20.3 Å². The van der Waals surface area contributed by atoms with Gasteiger partial charge in [0.25, 0.3) is 0 Å². The molecule has 0 radical (unpaired) electrons. The van der Waals surface area contributed by atoms with Gasteiger partial charge in [-0.2, -0.15) is 12.6 Å². The van der Waals surface area contributed by atoms with Crippen molar-refractivity contribution in [2.45, 2.75) is 112 Å². The number of amides is 3. The van der Waals surface area contributed by atoms with E-state index in [1.807, 2.05) is 52.8 Å². The topological polar surface area (TPSA) is 87.7 Å². The number of benzene rings is 1. The summed E-state index contributed by atoms with van der Waals surface area (Å²) in [5, 5.41) is 5.69. The van der Waals surface area contributed by atoms with Crippen LogP contribution in [-0.4, -0.2) is 52.3 Å². The number of rotatable bonds is 11. The second-order valence-electron chi connectivity index (χ2n) is 11.3. The minimum absolute atomic E-state index is 0.0662. The van der Waals surface area contributed by atoms with E-state index in [1.54, 1.807) is 25.7 Å². The molecule has 8 heteroatoms. The molecule has 0 saturated heterocycles. The maximum Gasteiger partial charge on any atom is 0.408 e. The summed E-state index contributed by atoms with van der Waals surface area (Å²) in [4.78, 5) is 42.0. The van der Waals surface area contributed by atoms with Gasteiger partial charge in [0, 0.05) is 17.8 Å². The van der Waals surface area contributed by atoms with Crippen molar-refractivity contribution in [3.63, 3.8) is 0 Å². The highest BCUT2D eigenvalue weighted by Gasteiger charge is 2.39. The van der Waals surface area contributed by atoms with E-state index in [0.29, 0.717) is 12.3 Å². The number of ether oxygens (including phenoxy) is 1. The van der Waals surface area contributed by atoms with E-state index < -0.39 is 23.8 Å². The second-order valence-corrected chi connectivity index (χ2v) is 11.7. The summed E-state index contributed by atoms with van der Waals surface area (Å²) >= 11 is 4.37. The van der Waals surface area contributed by atoms with Crippen LogP contribution in [0.5, 0.6) is 0 Å². The van der Waals surface area contributed by atoms with Gasteiger partial charge >= 0.3 is 6.09 Å². The molecule has 0 aliphatic rings. The lowest BCUT2D eigenvalue weighted by molar-refractivity contribution is -0.145. The monoisotopic (exact) mass is 521 g/mol. The van der Waals surface area contributed by atoms with E-state index in [4.69, 9.17) is 4.74 Å². The summed E-state index contributed by atoms with van der Waals surface area (Å²) in [6, 6.07) is 3.68. The van der Waals surface area contributed by atoms with Crippen LogP contribution in [0, 0.1) is 19.8 Å². The molecule has 204 valence electrons. The number of hydrogen-bond acceptors (Lipinski definition) is 5. The van der Waals surface area contributed by atoms with Gasteiger partial charge in [-0.15, -0.1) is 0 Å². The Bertz CT molecular complexity index is 875. The predicted molar refractivity (Wildman–Crippen MR) is 149 cm³/mol. The Balaban J connectivity index is 3.61. The minimum Gasteiger partial charge on any atom is -0.444 e. The average molecular weight is 522 g/mol.